The largest absolute Gasteiger partial charge is 0.434 e. The smallest absolute Gasteiger partial charge is 0.387 e. The van der Waals surface area contributed by atoms with E-state index in [1.807, 2.05) is 36.4 Å². The number of nitrogens with one attached hydrogen (secondary N) is 1. The van der Waals surface area contributed by atoms with Crippen LogP contribution in [-0.2, 0) is 5.60 Å². The third-order valence-electron chi connectivity index (χ3n) is 6.53. The first kappa shape index (κ1) is 21.2. The quantitative estimate of drug-likeness (QED) is 0.417. The van der Waals surface area contributed by atoms with E-state index < -0.39 is 24.4 Å². The number of ether oxygens (including phenoxy) is 1. The summed E-state index contributed by atoms with van der Waals surface area (Å²) in [6.07, 6.45) is 0.675. The van der Waals surface area contributed by atoms with Crippen LogP contribution in [0.5, 0.6) is 5.75 Å². The molecule has 174 valence electrons. The van der Waals surface area contributed by atoms with Crippen LogP contribution in [0, 0.1) is 0 Å². The Hall–Kier alpha value is -3.40. The monoisotopic (exact) mass is 464 g/mol. The van der Waals surface area contributed by atoms with E-state index in [1.54, 1.807) is 22.7 Å². The van der Waals surface area contributed by atoms with Crippen molar-refractivity contribution in [2.75, 3.05) is 6.54 Å². The van der Waals surface area contributed by atoms with Gasteiger partial charge in [0.2, 0.25) is 0 Å². The van der Waals surface area contributed by atoms with Gasteiger partial charge >= 0.3 is 6.61 Å². The lowest BCUT2D eigenvalue weighted by Crippen LogP contribution is -2.35. The van der Waals surface area contributed by atoms with E-state index in [0.29, 0.717) is 28.3 Å². The molecule has 6 rings (SSSR count). The van der Waals surface area contributed by atoms with Gasteiger partial charge in [0.15, 0.2) is 5.65 Å². The number of hydrogen-bond donors (Lipinski definition) is 3. The van der Waals surface area contributed by atoms with Gasteiger partial charge in [-0.15, -0.1) is 0 Å². The minimum absolute atomic E-state index is 0.0528. The van der Waals surface area contributed by atoms with Gasteiger partial charge in [-0.25, -0.2) is 9.50 Å². The Bertz CT molecular complexity index is 1370. The van der Waals surface area contributed by atoms with E-state index >= 15 is 0 Å². The van der Waals surface area contributed by atoms with Crippen molar-refractivity contribution in [3.63, 3.8) is 0 Å². The molecule has 9 heteroatoms. The van der Waals surface area contributed by atoms with Crippen molar-refractivity contribution in [2.24, 2.45) is 0 Å². The molecule has 3 heterocycles. The molecule has 2 aromatic heterocycles. The van der Waals surface area contributed by atoms with E-state index in [2.05, 4.69) is 10.3 Å². The molecular formula is C25H22F2N4O3. The molecule has 0 saturated heterocycles. The molecule has 3 N–H and O–H groups in total. The molecule has 1 fully saturated rings. The minimum Gasteiger partial charge on any atom is -0.434 e. The number of fused-ring (bicyclic) bond motifs is 3. The van der Waals surface area contributed by atoms with Gasteiger partial charge < -0.3 is 20.3 Å². The first-order valence-corrected chi connectivity index (χ1v) is 11.1. The molecule has 34 heavy (non-hydrogen) atoms. The number of aromatic nitrogens is 3. The maximum atomic E-state index is 13.0. The highest BCUT2D eigenvalue weighted by Crippen LogP contribution is 2.45. The van der Waals surface area contributed by atoms with Gasteiger partial charge in [-0.1, -0.05) is 42.5 Å². The molecule has 2 aromatic carbocycles. The molecule has 1 saturated carbocycles. The predicted octanol–water partition coefficient (Wildman–Crippen LogP) is 3.71. The summed E-state index contributed by atoms with van der Waals surface area (Å²) in [4.78, 5) is 4.58. The highest BCUT2D eigenvalue weighted by molar-refractivity contribution is 5.62. The number of β-amino-alcohol motifs (C(OH)–C–C–N with tert-alkyl or cyclic N) is 1. The maximum absolute atomic E-state index is 13.0. The highest BCUT2D eigenvalue weighted by Gasteiger charge is 2.42. The number of hydrogen-bond acceptors (Lipinski definition) is 6. The van der Waals surface area contributed by atoms with Crippen LogP contribution in [0.25, 0.3) is 16.9 Å². The lowest BCUT2D eigenvalue weighted by atomic mass is 9.96. The lowest BCUT2D eigenvalue weighted by Gasteiger charge is -2.28. The Labute approximate surface area is 193 Å². The molecule has 0 radical (unpaired) electrons. The van der Waals surface area contributed by atoms with Gasteiger partial charge in [-0.2, -0.15) is 13.9 Å². The zero-order chi connectivity index (χ0) is 23.4. The van der Waals surface area contributed by atoms with Crippen molar-refractivity contribution >= 4 is 5.65 Å². The van der Waals surface area contributed by atoms with Crippen molar-refractivity contribution in [3.05, 3.63) is 83.2 Å². The fraction of sp³-hybridized carbons (Fsp3) is 0.280. The normalized spacial score (nSPS) is 21.0. The maximum Gasteiger partial charge on any atom is 0.387 e. The standard InChI is InChI=1S/C25H22F2N4O3/c26-24(27)34-19-4-2-1-3-16(19)21-23-22(18(32)13-28-21)29-20-10-9-17(30-31(20)23)14-5-7-15(8-6-14)25(33)11-12-25/h1-10,18,21,24,28,32-33H,11-13H2/t18-,21-/m1/s1. The van der Waals surface area contributed by atoms with Crippen molar-refractivity contribution in [3.8, 4) is 17.0 Å². The Morgan fingerprint density at radius 3 is 2.56 bits per heavy atom. The summed E-state index contributed by atoms with van der Waals surface area (Å²) in [5.74, 6) is 0.0528. The first-order chi connectivity index (χ1) is 16.4. The summed E-state index contributed by atoms with van der Waals surface area (Å²) in [6.45, 7) is -2.75. The van der Waals surface area contributed by atoms with Crippen molar-refractivity contribution in [2.45, 2.75) is 37.2 Å². The molecule has 7 nitrogen and oxygen atoms in total. The highest BCUT2D eigenvalue weighted by atomic mass is 19.3. The molecule has 4 aromatic rings. The molecule has 1 aliphatic heterocycles. The molecule has 0 unspecified atom stereocenters. The van der Waals surface area contributed by atoms with Crippen LogP contribution in [0.2, 0.25) is 0 Å². The second-order valence-corrected chi connectivity index (χ2v) is 8.75. The fourth-order valence-electron chi connectivity index (χ4n) is 4.60. The summed E-state index contributed by atoms with van der Waals surface area (Å²) in [7, 11) is 0. The van der Waals surface area contributed by atoms with Crippen LogP contribution < -0.4 is 10.1 Å². The third kappa shape index (κ3) is 3.53. The number of rotatable bonds is 5. The topological polar surface area (TPSA) is 91.9 Å². The Balaban J connectivity index is 1.45. The van der Waals surface area contributed by atoms with Gasteiger partial charge in [0.25, 0.3) is 0 Å². The van der Waals surface area contributed by atoms with E-state index in [-0.39, 0.29) is 12.3 Å². The summed E-state index contributed by atoms with van der Waals surface area (Å²) < 4.78 is 32.5. The molecule has 1 aliphatic carbocycles. The predicted molar refractivity (Wildman–Crippen MR) is 119 cm³/mol. The first-order valence-electron chi connectivity index (χ1n) is 11.1. The van der Waals surface area contributed by atoms with Crippen LogP contribution in [-0.4, -0.2) is 38.0 Å². The number of alkyl halides is 2. The van der Waals surface area contributed by atoms with Crippen LogP contribution in [0.3, 0.4) is 0 Å². The van der Waals surface area contributed by atoms with Gasteiger partial charge in [0.05, 0.1) is 28.7 Å². The van der Waals surface area contributed by atoms with E-state index in [4.69, 9.17) is 9.84 Å². The minimum atomic E-state index is -2.96. The van der Waals surface area contributed by atoms with E-state index in [0.717, 1.165) is 24.0 Å². The molecular weight excluding hydrogens is 442 g/mol. The summed E-state index contributed by atoms with van der Waals surface area (Å²) in [5, 5.41) is 28.9. The molecule has 2 atom stereocenters. The van der Waals surface area contributed by atoms with Crippen molar-refractivity contribution in [1.82, 2.24) is 19.9 Å². The van der Waals surface area contributed by atoms with Crippen LogP contribution in [0.4, 0.5) is 8.78 Å². The summed E-state index contributed by atoms with van der Waals surface area (Å²) in [6, 6.07) is 17.3. The molecule has 0 spiro atoms. The SMILES string of the molecule is O[C@@H]1CN[C@H](c2ccccc2OC(F)F)c2c1nc1ccc(-c3ccc(C4(O)CC4)cc3)nn21. The van der Waals surface area contributed by atoms with Gasteiger partial charge in [-0.05, 0) is 36.6 Å². The van der Waals surface area contributed by atoms with Crippen LogP contribution in [0.1, 0.15) is 47.5 Å². The average Bonchev–Trinajstić information content (AvgIpc) is 3.47. The molecule has 2 aliphatic rings. The van der Waals surface area contributed by atoms with E-state index in [9.17, 15) is 19.0 Å². The van der Waals surface area contributed by atoms with Gasteiger partial charge in [0.1, 0.15) is 11.9 Å². The zero-order valence-corrected chi connectivity index (χ0v) is 18.0. The zero-order valence-electron chi connectivity index (χ0n) is 18.0. The fourth-order valence-corrected chi connectivity index (χ4v) is 4.60. The summed E-state index contributed by atoms with van der Waals surface area (Å²) >= 11 is 0. The third-order valence-corrected chi connectivity index (χ3v) is 6.53. The van der Waals surface area contributed by atoms with Crippen LogP contribution in [0.15, 0.2) is 60.7 Å². The second kappa shape index (κ2) is 7.83. The van der Waals surface area contributed by atoms with Gasteiger partial charge in [-0.3, -0.25) is 0 Å². The van der Waals surface area contributed by atoms with Gasteiger partial charge in [0, 0.05) is 17.7 Å². The number of nitrogens with zero attached hydrogens (tertiary/aromatic N) is 3. The van der Waals surface area contributed by atoms with Crippen molar-refractivity contribution < 1.29 is 23.7 Å². The molecule has 0 amide bonds. The van der Waals surface area contributed by atoms with Crippen LogP contribution >= 0.6 is 0 Å². The Kier molecular flexibility index (Phi) is 4.87. The Morgan fingerprint density at radius 2 is 1.82 bits per heavy atom. The second-order valence-electron chi connectivity index (χ2n) is 8.75. The number of aliphatic hydroxyl groups excluding tert-OH is 1. The number of para-hydroxylation sites is 1. The van der Waals surface area contributed by atoms with E-state index in [1.165, 1.54) is 6.07 Å². The Morgan fingerprint density at radius 1 is 1.06 bits per heavy atom. The number of benzene rings is 2. The lowest BCUT2D eigenvalue weighted by molar-refractivity contribution is -0.0507. The summed E-state index contributed by atoms with van der Waals surface area (Å²) in [5.41, 5.74) is 3.79. The number of halogens is 2. The molecule has 0 bridgehead atoms. The number of imidazole rings is 1. The van der Waals surface area contributed by atoms with Crippen molar-refractivity contribution in [1.29, 1.82) is 0 Å². The number of aliphatic hydroxyl groups is 2. The average molecular weight is 464 g/mol.